The lowest BCUT2D eigenvalue weighted by Crippen LogP contribution is -2.20. The van der Waals surface area contributed by atoms with Crippen molar-refractivity contribution >= 4 is 11.8 Å². The molecule has 15 heavy (non-hydrogen) atoms. The third kappa shape index (κ3) is 6.26. The van der Waals surface area contributed by atoms with Crippen LogP contribution < -0.4 is 0 Å². The van der Waals surface area contributed by atoms with Gasteiger partial charge < -0.3 is 5.11 Å². The van der Waals surface area contributed by atoms with Crippen LogP contribution in [0.2, 0.25) is 0 Å². The number of carboxylic acid groups (broad SMARTS) is 1. The summed E-state index contributed by atoms with van der Waals surface area (Å²) in [7, 11) is 0. The first-order chi connectivity index (χ1) is 6.75. The highest BCUT2D eigenvalue weighted by Gasteiger charge is 2.22. The number of Topliss-reactive ketones (excluding diaryl/α,β-unsaturated/α-hetero) is 1. The molecule has 0 aromatic rings. The van der Waals surface area contributed by atoms with Gasteiger partial charge in [-0.15, -0.1) is 0 Å². The second kappa shape index (κ2) is 5.89. The van der Waals surface area contributed by atoms with E-state index >= 15 is 0 Å². The van der Waals surface area contributed by atoms with Gasteiger partial charge in [0.1, 0.15) is 5.78 Å². The number of rotatable bonds is 7. The van der Waals surface area contributed by atoms with Gasteiger partial charge in [-0.25, -0.2) is 0 Å². The van der Waals surface area contributed by atoms with Crippen molar-refractivity contribution < 1.29 is 14.7 Å². The fourth-order valence-electron chi connectivity index (χ4n) is 1.12. The largest absolute Gasteiger partial charge is 0.481 e. The number of aliphatic carboxylic acids is 1. The van der Waals surface area contributed by atoms with Gasteiger partial charge in [-0.3, -0.25) is 9.59 Å². The van der Waals surface area contributed by atoms with E-state index in [0.29, 0.717) is 12.3 Å². The van der Waals surface area contributed by atoms with Gasteiger partial charge in [0.05, 0.1) is 6.42 Å². The third-order valence-corrected chi connectivity index (χ3v) is 3.23. The molecular weight excluding hydrogens is 192 g/mol. The topological polar surface area (TPSA) is 54.4 Å². The van der Waals surface area contributed by atoms with Crippen LogP contribution in [0, 0.1) is 11.3 Å². The monoisotopic (exact) mass is 214 g/mol. The molecule has 0 amide bonds. The highest BCUT2D eigenvalue weighted by atomic mass is 16.4. The number of hydrogen-bond acceptors (Lipinski definition) is 2. The number of ketones is 1. The Balaban J connectivity index is 3.85. The molecule has 0 aliphatic heterocycles. The summed E-state index contributed by atoms with van der Waals surface area (Å²) in [5.41, 5.74) is 0.152. The predicted octanol–water partition coefficient (Wildman–Crippen LogP) is 2.88. The average molecular weight is 214 g/mol. The van der Waals surface area contributed by atoms with E-state index in [1.165, 1.54) is 0 Å². The van der Waals surface area contributed by atoms with Crippen LogP contribution in [0.15, 0.2) is 0 Å². The Hall–Kier alpha value is -0.860. The maximum atomic E-state index is 11.4. The summed E-state index contributed by atoms with van der Waals surface area (Å²) in [6.45, 7) is 8.56. The SMILES string of the molecule is CC(C)C(C)(C)CCC(=O)CCC(=O)O. The lowest BCUT2D eigenvalue weighted by atomic mass is 9.77. The second-order valence-corrected chi connectivity index (χ2v) is 5.08. The maximum Gasteiger partial charge on any atom is 0.303 e. The Bertz CT molecular complexity index is 229. The highest BCUT2D eigenvalue weighted by molar-refractivity contribution is 5.82. The van der Waals surface area contributed by atoms with Crippen molar-refractivity contribution in [2.45, 2.75) is 53.4 Å². The van der Waals surface area contributed by atoms with Crippen molar-refractivity contribution in [2.24, 2.45) is 11.3 Å². The van der Waals surface area contributed by atoms with Gasteiger partial charge in [-0.2, -0.15) is 0 Å². The minimum Gasteiger partial charge on any atom is -0.481 e. The molecule has 88 valence electrons. The van der Waals surface area contributed by atoms with Crippen molar-refractivity contribution in [3.05, 3.63) is 0 Å². The standard InChI is InChI=1S/C12H22O3/c1-9(2)12(3,4)8-7-10(13)5-6-11(14)15/h9H,5-8H2,1-4H3,(H,14,15). The van der Waals surface area contributed by atoms with Gasteiger partial charge in [0.25, 0.3) is 0 Å². The van der Waals surface area contributed by atoms with Crippen LogP contribution in [0.3, 0.4) is 0 Å². The molecule has 0 aliphatic rings. The molecule has 0 atom stereocenters. The van der Waals surface area contributed by atoms with Gasteiger partial charge in [0.15, 0.2) is 0 Å². The number of hydrogen-bond donors (Lipinski definition) is 1. The molecule has 0 aliphatic carbocycles. The van der Waals surface area contributed by atoms with Crippen molar-refractivity contribution in [2.75, 3.05) is 0 Å². The number of carboxylic acids is 1. The Morgan fingerprint density at radius 3 is 2.07 bits per heavy atom. The van der Waals surface area contributed by atoms with Crippen molar-refractivity contribution in [1.29, 1.82) is 0 Å². The van der Waals surface area contributed by atoms with E-state index in [2.05, 4.69) is 27.7 Å². The summed E-state index contributed by atoms with van der Waals surface area (Å²) < 4.78 is 0. The van der Waals surface area contributed by atoms with E-state index in [4.69, 9.17) is 5.11 Å². The predicted molar refractivity (Wildman–Crippen MR) is 59.7 cm³/mol. The number of carbonyl (C=O) groups excluding carboxylic acids is 1. The van der Waals surface area contributed by atoms with E-state index in [0.717, 1.165) is 6.42 Å². The molecule has 0 rings (SSSR count). The summed E-state index contributed by atoms with van der Waals surface area (Å²) >= 11 is 0. The molecule has 1 N–H and O–H groups in total. The summed E-state index contributed by atoms with van der Waals surface area (Å²) in [6, 6.07) is 0. The Kier molecular flexibility index (Phi) is 5.55. The highest BCUT2D eigenvalue weighted by Crippen LogP contribution is 2.31. The molecule has 3 nitrogen and oxygen atoms in total. The van der Waals surface area contributed by atoms with Gasteiger partial charge in [0, 0.05) is 12.8 Å². The summed E-state index contributed by atoms with van der Waals surface area (Å²) in [4.78, 5) is 21.6. The zero-order valence-corrected chi connectivity index (χ0v) is 10.2. The lowest BCUT2D eigenvalue weighted by molar-refractivity contribution is -0.138. The first-order valence-electron chi connectivity index (χ1n) is 5.49. The first kappa shape index (κ1) is 14.1. The summed E-state index contributed by atoms with van der Waals surface area (Å²) in [5.74, 6) is -0.303. The van der Waals surface area contributed by atoms with E-state index in [1.54, 1.807) is 0 Å². The molecule has 0 saturated carbocycles. The minimum absolute atomic E-state index is 0.0407. The molecule has 0 saturated heterocycles. The van der Waals surface area contributed by atoms with E-state index < -0.39 is 5.97 Å². The van der Waals surface area contributed by atoms with Gasteiger partial charge in [-0.1, -0.05) is 27.7 Å². The van der Waals surface area contributed by atoms with Crippen molar-refractivity contribution in [3.8, 4) is 0 Å². The molecule has 0 aromatic carbocycles. The fourth-order valence-corrected chi connectivity index (χ4v) is 1.12. The summed E-state index contributed by atoms with van der Waals surface area (Å²) in [6.07, 6.45) is 1.46. The molecule has 0 unspecified atom stereocenters. The molecule has 3 heteroatoms. The van der Waals surface area contributed by atoms with E-state index in [1.807, 2.05) is 0 Å². The molecule has 0 fully saturated rings. The van der Waals surface area contributed by atoms with Crippen molar-refractivity contribution in [3.63, 3.8) is 0 Å². The number of carbonyl (C=O) groups is 2. The third-order valence-electron chi connectivity index (χ3n) is 3.23. The van der Waals surface area contributed by atoms with Crippen LogP contribution in [0.4, 0.5) is 0 Å². The Morgan fingerprint density at radius 2 is 1.67 bits per heavy atom. The zero-order chi connectivity index (χ0) is 12.1. The molecule has 0 aromatic heterocycles. The maximum absolute atomic E-state index is 11.4. The second-order valence-electron chi connectivity index (χ2n) is 5.08. The Labute approximate surface area is 91.9 Å². The van der Waals surface area contributed by atoms with Crippen molar-refractivity contribution in [1.82, 2.24) is 0 Å². The molecule has 0 radical (unpaired) electrons. The smallest absolute Gasteiger partial charge is 0.303 e. The van der Waals surface area contributed by atoms with E-state index in [9.17, 15) is 9.59 Å². The first-order valence-corrected chi connectivity index (χ1v) is 5.49. The lowest BCUT2D eigenvalue weighted by Gasteiger charge is -2.28. The molecule has 0 heterocycles. The quantitative estimate of drug-likeness (QED) is 0.709. The average Bonchev–Trinajstić information content (AvgIpc) is 2.11. The van der Waals surface area contributed by atoms with Gasteiger partial charge in [-0.05, 0) is 17.8 Å². The molecular formula is C12H22O3. The minimum atomic E-state index is -0.897. The summed E-state index contributed by atoms with van der Waals surface area (Å²) in [5, 5.41) is 8.43. The van der Waals surface area contributed by atoms with E-state index in [-0.39, 0.29) is 24.0 Å². The normalized spacial score (nSPS) is 11.8. The van der Waals surface area contributed by atoms with Crippen LogP contribution in [0.5, 0.6) is 0 Å². The van der Waals surface area contributed by atoms with Crippen LogP contribution in [0.25, 0.3) is 0 Å². The Morgan fingerprint density at radius 1 is 1.13 bits per heavy atom. The molecule has 0 spiro atoms. The molecule has 0 bridgehead atoms. The van der Waals surface area contributed by atoms with Gasteiger partial charge in [0.2, 0.25) is 0 Å². The van der Waals surface area contributed by atoms with Gasteiger partial charge >= 0.3 is 5.97 Å². The van der Waals surface area contributed by atoms with Crippen LogP contribution >= 0.6 is 0 Å². The fraction of sp³-hybridized carbons (Fsp3) is 0.833. The van der Waals surface area contributed by atoms with Crippen LogP contribution in [-0.4, -0.2) is 16.9 Å². The van der Waals surface area contributed by atoms with Crippen LogP contribution in [-0.2, 0) is 9.59 Å². The zero-order valence-electron chi connectivity index (χ0n) is 10.2. The van der Waals surface area contributed by atoms with Crippen LogP contribution in [0.1, 0.15) is 53.4 Å².